The number of amides is 1. The van der Waals surface area contributed by atoms with Gasteiger partial charge in [0, 0.05) is 12.1 Å². The van der Waals surface area contributed by atoms with Crippen LogP contribution in [0.1, 0.15) is 15.9 Å². The van der Waals surface area contributed by atoms with E-state index in [1.807, 2.05) is 41.1 Å². The third-order valence-electron chi connectivity index (χ3n) is 3.36. The number of hydrogen-bond acceptors (Lipinski definition) is 3. The van der Waals surface area contributed by atoms with Crippen LogP contribution in [-0.4, -0.2) is 27.4 Å². The van der Waals surface area contributed by atoms with Crippen molar-refractivity contribution in [1.29, 1.82) is 0 Å². The van der Waals surface area contributed by atoms with E-state index in [4.69, 9.17) is 0 Å². The van der Waals surface area contributed by atoms with Crippen LogP contribution in [0, 0.1) is 0 Å². The molecule has 2 aromatic carbocycles. The minimum Gasteiger partial charge on any atom is -0.349 e. The van der Waals surface area contributed by atoms with Gasteiger partial charge in [-0.3, -0.25) is 4.79 Å². The van der Waals surface area contributed by atoms with Gasteiger partial charge in [-0.2, -0.15) is 0 Å². The summed E-state index contributed by atoms with van der Waals surface area (Å²) in [4.78, 5) is 11.9. The molecule has 1 amide bonds. The highest BCUT2D eigenvalue weighted by Crippen LogP contribution is 2.15. The van der Waals surface area contributed by atoms with E-state index in [0.717, 1.165) is 11.1 Å². The van der Waals surface area contributed by atoms with E-state index >= 15 is 0 Å². The molecule has 22 heavy (non-hydrogen) atoms. The van der Waals surface area contributed by atoms with Crippen molar-refractivity contribution in [2.24, 2.45) is 0 Å². The van der Waals surface area contributed by atoms with Crippen LogP contribution < -0.4 is 5.32 Å². The Morgan fingerprint density at radius 1 is 1.23 bits per heavy atom. The van der Waals surface area contributed by atoms with Crippen LogP contribution in [0.4, 0.5) is 0 Å². The smallest absolute Gasteiger partial charge is 0.251 e. The van der Waals surface area contributed by atoms with Gasteiger partial charge in [-0.1, -0.05) is 41.6 Å². The Bertz CT molecular complexity index is 808. The van der Waals surface area contributed by atoms with Crippen LogP contribution >= 0.6 is 0 Å². The Hall–Kier alpha value is -2.95. The van der Waals surface area contributed by atoms with Gasteiger partial charge in [-0.05, 0) is 23.8 Å². The van der Waals surface area contributed by atoms with E-state index in [9.17, 15) is 4.79 Å². The molecule has 1 aromatic heterocycles. The molecular weight excluding hydrogens is 276 g/mol. The molecule has 0 saturated carbocycles. The Morgan fingerprint density at radius 3 is 2.82 bits per heavy atom. The molecular formula is C17H16N4O. The Kier molecular flexibility index (Phi) is 3.96. The molecule has 0 aliphatic heterocycles. The maximum Gasteiger partial charge on any atom is 0.251 e. The first-order valence-corrected chi connectivity index (χ1v) is 7.04. The molecule has 5 nitrogen and oxygen atoms in total. The lowest BCUT2D eigenvalue weighted by atomic mass is 10.2. The van der Waals surface area contributed by atoms with E-state index < -0.39 is 0 Å². The van der Waals surface area contributed by atoms with E-state index in [1.54, 1.807) is 18.2 Å². The fourth-order valence-corrected chi connectivity index (χ4v) is 2.25. The third kappa shape index (κ3) is 2.88. The van der Waals surface area contributed by atoms with E-state index in [0.29, 0.717) is 24.2 Å². The van der Waals surface area contributed by atoms with Gasteiger partial charge in [0.15, 0.2) is 0 Å². The van der Waals surface area contributed by atoms with E-state index in [1.165, 1.54) is 0 Å². The Balaban J connectivity index is 1.86. The number of carbonyl (C=O) groups is 1. The predicted octanol–water partition coefficient (Wildman–Crippen LogP) is 2.40. The first-order chi connectivity index (χ1) is 10.8. The van der Waals surface area contributed by atoms with Gasteiger partial charge in [0.1, 0.15) is 5.52 Å². The molecule has 0 aliphatic carbocycles. The summed E-state index contributed by atoms with van der Waals surface area (Å²) in [6.45, 7) is 4.67. The monoisotopic (exact) mass is 292 g/mol. The second kappa shape index (κ2) is 6.22. The number of fused-ring (bicyclic) bond motifs is 1. The molecule has 110 valence electrons. The fraction of sp³-hybridized carbons (Fsp3) is 0.118. The van der Waals surface area contributed by atoms with Crippen molar-refractivity contribution in [3.63, 3.8) is 0 Å². The summed E-state index contributed by atoms with van der Waals surface area (Å²) in [7, 11) is 0. The highest BCUT2D eigenvalue weighted by molar-refractivity contribution is 5.97. The van der Waals surface area contributed by atoms with Crippen LogP contribution in [0.25, 0.3) is 11.0 Å². The number of benzene rings is 2. The molecule has 3 rings (SSSR count). The molecule has 0 aliphatic rings. The maximum atomic E-state index is 11.9. The Labute approximate surface area is 128 Å². The summed E-state index contributed by atoms with van der Waals surface area (Å²) in [5, 5.41) is 11.1. The second-order valence-corrected chi connectivity index (χ2v) is 4.93. The number of hydrogen-bond donors (Lipinski definition) is 1. The molecule has 1 heterocycles. The first kappa shape index (κ1) is 14.0. The molecule has 5 heteroatoms. The van der Waals surface area contributed by atoms with E-state index in [2.05, 4.69) is 22.2 Å². The molecule has 3 aromatic rings. The van der Waals surface area contributed by atoms with Crippen molar-refractivity contribution < 1.29 is 4.79 Å². The van der Waals surface area contributed by atoms with Gasteiger partial charge in [0.05, 0.1) is 12.1 Å². The quantitative estimate of drug-likeness (QED) is 0.735. The molecule has 0 unspecified atom stereocenters. The molecule has 0 fully saturated rings. The summed E-state index contributed by atoms with van der Waals surface area (Å²) in [5.74, 6) is -0.139. The number of aromatic nitrogens is 3. The highest BCUT2D eigenvalue weighted by atomic mass is 16.1. The lowest BCUT2D eigenvalue weighted by molar-refractivity contribution is 0.0958. The molecule has 0 spiro atoms. The molecule has 1 N–H and O–H groups in total. The van der Waals surface area contributed by atoms with Gasteiger partial charge in [0.25, 0.3) is 5.91 Å². The van der Waals surface area contributed by atoms with Crippen LogP contribution in [0.15, 0.2) is 61.2 Å². The SMILES string of the molecule is C=CCNC(=O)c1ccc2c(c1)nnn2Cc1ccccc1. The maximum absolute atomic E-state index is 11.9. The molecule has 0 radical (unpaired) electrons. The number of nitrogens with one attached hydrogen (secondary N) is 1. The summed E-state index contributed by atoms with van der Waals surface area (Å²) < 4.78 is 1.83. The van der Waals surface area contributed by atoms with E-state index in [-0.39, 0.29) is 5.91 Å². The zero-order chi connectivity index (χ0) is 15.4. The van der Waals surface area contributed by atoms with Crippen molar-refractivity contribution in [2.75, 3.05) is 6.54 Å². The van der Waals surface area contributed by atoms with Crippen LogP contribution in [0.3, 0.4) is 0 Å². The van der Waals surface area contributed by atoms with Crippen molar-refractivity contribution in [3.05, 3.63) is 72.3 Å². The first-order valence-electron chi connectivity index (χ1n) is 7.04. The summed E-state index contributed by atoms with van der Waals surface area (Å²) in [6, 6.07) is 15.5. The van der Waals surface area contributed by atoms with Gasteiger partial charge in [0.2, 0.25) is 0 Å². The van der Waals surface area contributed by atoms with Crippen molar-refractivity contribution in [1.82, 2.24) is 20.3 Å². The highest BCUT2D eigenvalue weighted by Gasteiger charge is 2.09. The zero-order valence-electron chi connectivity index (χ0n) is 12.1. The molecule has 0 saturated heterocycles. The average Bonchev–Trinajstić information content (AvgIpc) is 2.96. The zero-order valence-corrected chi connectivity index (χ0v) is 12.1. The summed E-state index contributed by atoms with van der Waals surface area (Å²) in [6.07, 6.45) is 1.65. The van der Waals surface area contributed by atoms with Crippen molar-refractivity contribution in [3.8, 4) is 0 Å². The summed E-state index contributed by atoms with van der Waals surface area (Å²) in [5.41, 5.74) is 3.34. The number of rotatable bonds is 5. The largest absolute Gasteiger partial charge is 0.349 e. The topological polar surface area (TPSA) is 59.8 Å². The minimum atomic E-state index is -0.139. The lowest BCUT2D eigenvalue weighted by Crippen LogP contribution is -2.23. The fourth-order valence-electron chi connectivity index (χ4n) is 2.25. The Morgan fingerprint density at radius 2 is 2.05 bits per heavy atom. The number of nitrogens with zero attached hydrogens (tertiary/aromatic N) is 3. The van der Waals surface area contributed by atoms with Crippen LogP contribution in [-0.2, 0) is 6.54 Å². The van der Waals surface area contributed by atoms with Crippen molar-refractivity contribution in [2.45, 2.75) is 6.54 Å². The van der Waals surface area contributed by atoms with Gasteiger partial charge >= 0.3 is 0 Å². The minimum absolute atomic E-state index is 0.139. The van der Waals surface area contributed by atoms with Gasteiger partial charge in [-0.15, -0.1) is 11.7 Å². The lowest BCUT2D eigenvalue weighted by Gasteiger charge is -2.04. The third-order valence-corrected chi connectivity index (χ3v) is 3.36. The van der Waals surface area contributed by atoms with Gasteiger partial charge < -0.3 is 5.32 Å². The summed E-state index contributed by atoms with van der Waals surface area (Å²) >= 11 is 0. The molecule has 0 bridgehead atoms. The average molecular weight is 292 g/mol. The van der Waals surface area contributed by atoms with Gasteiger partial charge in [-0.25, -0.2) is 4.68 Å². The number of carbonyl (C=O) groups excluding carboxylic acids is 1. The standard InChI is InChI=1S/C17H16N4O/c1-2-10-18-17(22)14-8-9-16-15(11-14)19-20-21(16)12-13-6-4-3-5-7-13/h2-9,11H,1,10,12H2,(H,18,22). The normalized spacial score (nSPS) is 10.5. The van der Waals surface area contributed by atoms with Crippen molar-refractivity contribution >= 4 is 16.9 Å². The predicted molar refractivity (Wildman–Crippen MR) is 85.6 cm³/mol. The van der Waals surface area contributed by atoms with Crippen LogP contribution in [0.5, 0.6) is 0 Å². The molecule has 0 atom stereocenters. The second-order valence-electron chi connectivity index (χ2n) is 4.93. The van der Waals surface area contributed by atoms with Crippen LogP contribution in [0.2, 0.25) is 0 Å².